The van der Waals surface area contributed by atoms with Crippen molar-refractivity contribution in [3.05, 3.63) is 69.7 Å². The van der Waals surface area contributed by atoms with E-state index in [0.29, 0.717) is 5.92 Å². The van der Waals surface area contributed by atoms with Crippen LogP contribution in [0.4, 0.5) is 0 Å². The first-order valence-corrected chi connectivity index (χ1v) is 9.63. The van der Waals surface area contributed by atoms with Crippen LogP contribution in [0.5, 0.6) is 0 Å². The standard InChI is InChI=1S/C22H28ClN/c1-3-4-8-12-24-13-11-19-15-22(23)17(2)14-20(19)21(16-24)18-9-6-5-7-10-18/h5-7,9-10,14-15,21H,3-4,8,11-13,16H2,1-2H3. The summed E-state index contributed by atoms with van der Waals surface area (Å²) in [5.74, 6) is 0.446. The van der Waals surface area contributed by atoms with Crippen LogP contribution < -0.4 is 0 Å². The number of nitrogens with zero attached hydrogens (tertiary/aromatic N) is 1. The highest BCUT2D eigenvalue weighted by Crippen LogP contribution is 2.34. The summed E-state index contributed by atoms with van der Waals surface area (Å²) in [6, 6.07) is 15.5. The minimum absolute atomic E-state index is 0.446. The van der Waals surface area contributed by atoms with E-state index in [-0.39, 0.29) is 0 Å². The first-order valence-electron chi connectivity index (χ1n) is 9.25. The Morgan fingerprint density at radius 3 is 2.67 bits per heavy atom. The number of benzene rings is 2. The van der Waals surface area contributed by atoms with Gasteiger partial charge in [-0.25, -0.2) is 0 Å². The van der Waals surface area contributed by atoms with E-state index in [1.54, 1.807) is 0 Å². The van der Waals surface area contributed by atoms with Crippen molar-refractivity contribution in [3.8, 4) is 0 Å². The van der Waals surface area contributed by atoms with Crippen LogP contribution in [0.2, 0.25) is 5.02 Å². The van der Waals surface area contributed by atoms with Crippen molar-refractivity contribution >= 4 is 11.6 Å². The summed E-state index contributed by atoms with van der Waals surface area (Å²) in [4.78, 5) is 2.65. The van der Waals surface area contributed by atoms with Crippen LogP contribution >= 0.6 is 11.6 Å². The highest BCUT2D eigenvalue weighted by Gasteiger charge is 2.25. The maximum absolute atomic E-state index is 6.42. The zero-order valence-electron chi connectivity index (χ0n) is 14.9. The number of unbranched alkanes of at least 4 members (excludes halogenated alkanes) is 2. The third-order valence-corrected chi connectivity index (χ3v) is 5.62. The molecule has 2 heteroatoms. The third kappa shape index (κ3) is 4.02. The number of hydrogen-bond acceptors (Lipinski definition) is 1. The van der Waals surface area contributed by atoms with Gasteiger partial charge < -0.3 is 4.90 Å². The van der Waals surface area contributed by atoms with E-state index < -0.39 is 0 Å². The van der Waals surface area contributed by atoms with Crippen LogP contribution in [0.25, 0.3) is 0 Å². The largest absolute Gasteiger partial charge is 0.302 e. The predicted octanol–water partition coefficient (Wildman–Crippen LogP) is 5.83. The number of hydrogen-bond donors (Lipinski definition) is 0. The Morgan fingerprint density at radius 2 is 1.92 bits per heavy atom. The topological polar surface area (TPSA) is 3.24 Å². The van der Waals surface area contributed by atoms with Gasteiger partial charge in [0.05, 0.1) is 0 Å². The van der Waals surface area contributed by atoms with Crippen molar-refractivity contribution in [2.75, 3.05) is 19.6 Å². The van der Waals surface area contributed by atoms with Gasteiger partial charge in [0.2, 0.25) is 0 Å². The normalized spacial score (nSPS) is 18.2. The Hall–Kier alpha value is -1.31. The lowest BCUT2D eigenvalue weighted by atomic mass is 9.87. The SMILES string of the molecule is CCCCCN1CCc2cc(Cl)c(C)cc2C(c2ccccc2)C1. The average molecular weight is 342 g/mol. The number of aryl methyl sites for hydroxylation is 1. The van der Waals surface area contributed by atoms with Gasteiger partial charge in [0, 0.05) is 24.0 Å². The second kappa shape index (κ2) is 8.18. The fourth-order valence-corrected chi connectivity index (χ4v) is 3.96. The summed E-state index contributed by atoms with van der Waals surface area (Å²) < 4.78 is 0. The van der Waals surface area contributed by atoms with Crippen molar-refractivity contribution in [2.24, 2.45) is 0 Å². The van der Waals surface area contributed by atoms with Gasteiger partial charge in [-0.2, -0.15) is 0 Å². The fourth-order valence-electron chi connectivity index (χ4n) is 3.77. The molecule has 0 saturated carbocycles. The van der Waals surface area contributed by atoms with Crippen LogP contribution in [0.1, 0.15) is 54.4 Å². The molecule has 24 heavy (non-hydrogen) atoms. The monoisotopic (exact) mass is 341 g/mol. The quantitative estimate of drug-likeness (QED) is 0.618. The molecule has 2 aromatic rings. The molecule has 2 aromatic carbocycles. The molecule has 0 radical (unpaired) electrons. The molecule has 1 aliphatic rings. The van der Waals surface area contributed by atoms with E-state index in [4.69, 9.17) is 11.6 Å². The molecule has 0 N–H and O–H groups in total. The fraction of sp³-hybridized carbons (Fsp3) is 0.455. The molecule has 3 rings (SSSR count). The molecule has 0 amide bonds. The summed E-state index contributed by atoms with van der Waals surface area (Å²) in [5, 5.41) is 0.903. The maximum atomic E-state index is 6.42. The molecule has 0 bridgehead atoms. The van der Waals surface area contributed by atoms with Gasteiger partial charge >= 0.3 is 0 Å². The van der Waals surface area contributed by atoms with Crippen molar-refractivity contribution in [1.82, 2.24) is 4.90 Å². The summed E-state index contributed by atoms with van der Waals surface area (Å²) in [6.07, 6.45) is 5.01. The molecule has 0 saturated heterocycles. The van der Waals surface area contributed by atoms with Crippen LogP contribution in [0, 0.1) is 6.92 Å². The van der Waals surface area contributed by atoms with Crippen molar-refractivity contribution in [3.63, 3.8) is 0 Å². The van der Waals surface area contributed by atoms with Crippen LogP contribution in [0.3, 0.4) is 0 Å². The van der Waals surface area contributed by atoms with Gasteiger partial charge in [-0.15, -0.1) is 0 Å². The first-order chi connectivity index (χ1) is 11.7. The zero-order chi connectivity index (χ0) is 16.9. The van der Waals surface area contributed by atoms with Gasteiger partial charge in [-0.1, -0.05) is 67.8 Å². The Bertz CT molecular complexity index is 665. The number of rotatable bonds is 5. The summed E-state index contributed by atoms with van der Waals surface area (Å²) in [5.41, 5.74) is 5.51. The Kier molecular flexibility index (Phi) is 5.97. The van der Waals surface area contributed by atoms with E-state index in [9.17, 15) is 0 Å². The molecule has 0 spiro atoms. The molecular formula is C22H28ClN. The molecule has 1 nitrogen and oxygen atoms in total. The number of halogens is 1. The molecular weight excluding hydrogens is 314 g/mol. The predicted molar refractivity (Wildman–Crippen MR) is 104 cm³/mol. The molecule has 1 aliphatic heterocycles. The molecule has 1 atom stereocenters. The second-order valence-electron chi connectivity index (χ2n) is 7.02. The molecule has 1 heterocycles. The lowest BCUT2D eigenvalue weighted by molar-refractivity contribution is 0.270. The Balaban J connectivity index is 1.93. The van der Waals surface area contributed by atoms with Gasteiger partial charge in [0.25, 0.3) is 0 Å². The molecule has 128 valence electrons. The van der Waals surface area contributed by atoms with Crippen molar-refractivity contribution < 1.29 is 0 Å². The molecule has 1 unspecified atom stereocenters. The smallest absolute Gasteiger partial charge is 0.0438 e. The van der Waals surface area contributed by atoms with Crippen LogP contribution in [-0.4, -0.2) is 24.5 Å². The maximum Gasteiger partial charge on any atom is 0.0438 e. The van der Waals surface area contributed by atoms with Crippen molar-refractivity contribution in [2.45, 2.75) is 45.4 Å². The van der Waals surface area contributed by atoms with Crippen molar-refractivity contribution in [1.29, 1.82) is 0 Å². The average Bonchev–Trinajstić information content (AvgIpc) is 2.77. The third-order valence-electron chi connectivity index (χ3n) is 5.21. The summed E-state index contributed by atoms with van der Waals surface area (Å²) >= 11 is 6.42. The molecule has 0 fully saturated rings. The summed E-state index contributed by atoms with van der Waals surface area (Å²) in [7, 11) is 0. The van der Waals surface area contributed by atoms with E-state index in [1.807, 2.05) is 0 Å². The first kappa shape index (κ1) is 17.5. The minimum Gasteiger partial charge on any atom is -0.302 e. The van der Waals surface area contributed by atoms with E-state index in [2.05, 4.69) is 61.2 Å². The lowest BCUT2D eigenvalue weighted by Crippen LogP contribution is -2.29. The van der Waals surface area contributed by atoms with Crippen LogP contribution in [-0.2, 0) is 6.42 Å². The minimum atomic E-state index is 0.446. The van der Waals surface area contributed by atoms with Crippen LogP contribution in [0.15, 0.2) is 42.5 Å². The highest BCUT2D eigenvalue weighted by atomic mass is 35.5. The van der Waals surface area contributed by atoms with E-state index in [0.717, 1.165) is 24.5 Å². The Morgan fingerprint density at radius 1 is 1.12 bits per heavy atom. The summed E-state index contributed by atoms with van der Waals surface area (Å²) in [6.45, 7) is 7.85. The molecule has 0 aliphatic carbocycles. The lowest BCUT2D eigenvalue weighted by Gasteiger charge is -2.25. The van der Waals surface area contributed by atoms with Gasteiger partial charge in [-0.3, -0.25) is 0 Å². The Labute approximate surface area is 151 Å². The van der Waals surface area contributed by atoms with Gasteiger partial charge in [0.1, 0.15) is 0 Å². The zero-order valence-corrected chi connectivity index (χ0v) is 15.6. The second-order valence-corrected chi connectivity index (χ2v) is 7.43. The highest BCUT2D eigenvalue weighted by molar-refractivity contribution is 6.31. The van der Waals surface area contributed by atoms with E-state index in [1.165, 1.54) is 48.1 Å². The molecule has 0 aromatic heterocycles. The number of fused-ring (bicyclic) bond motifs is 1. The van der Waals surface area contributed by atoms with Gasteiger partial charge in [-0.05, 0) is 54.6 Å². The van der Waals surface area contributed by atoms with Gasteiger partial charge in [0.15, 0.2) is 0 Å². The van der Waals surface area contributed by atoms with E-state index >= 15 is 0 Å².